The Bertz CT molecular complexity index is 406. The lowest BCUT2D eigenvalue weighted by Gasteiger charge is -2.06. The molecule has 0 atom stereocenters. The predicted octanol–water partition coefficient (Wildman–Crippen LogP) is 2.63. The lowest BCUT2D eigenvalue weighted by Crippen LogP contribution is -2.10. The molecule has 0 N–H and O–H groups in total. The molecule has 0 fully saturated rings. The molecule has 1 aromatic rings. The van der Waals surface area contributed by atoms with Crippen LogP contribution in [0.3, 0.4) is 0 Å². The second-order valence-electron chi connectivity index (χ2n) is 3.30. The molecule has 4 nitrogen and oxygen atoms in total. The van der Waals surface area contributed by atoms with Crippen molar-refractivity contribution in [3.8, 4) is 5.75 Å². The zero-order chi connectivity index (χ0) is 12.7. The van der Waals surface area contributed by atoms with Gasteiger partial charge in [0.1, 0.15) is 19.0 Å². The Balaban J connectivity index is 0.00000289. The smallest absolute Gasteiger partial charge is 0.330 e. The van der Waals surface area contributed by atoms with Crippen LogP contribution in [-0.4, -0.2) is 25.0 Å². The van der Waals surface area contributed by atoms with Crippen molar-refractivity contribution in [2.24, 2.45) is 0 Å². The van der Waals surface area contributed by atoms with Gasteiger partial charge in [-0.1, -0.05) is 14.0 Å². The van der Waals surface area contributed by atoms with Gasteiger partial charge < -0.3 is 9.47 Å². The third-order valence-corrected chi connectivity index (χ3v) is 2.02. The normalized spacial score (nSPS) is 8.94. The molecule has 0 radical (unpaired) electrons. The molecule has 0 amide bonds. The molecule has 0 aliphatic rings. The van der Waals surface area contributed by atoms with Gasteiger partial charge in [0.05, 0.1) is 0 Å². The zero-order valence-electron chi connectivity index (χ0n) is 9.64. The van der Waals surface area contributed by atoms with Gasteiger partial charge in [-0.15, -0.1) is 0 Å². The molecule has 1 rings (SSSR count). The monoisotopic (exact) mass is 250 g/mol. The van der Waals surface area contributed by atoms with Crippen LogP contribution < -0.4 is 4.74 Å². The maximum Gasteiger partial charge on any atom is 0.330 e. The van der Waals surface area contributed by atoms with Crippen LogP contribution in [0.5, 0.6) is 5.75 Å². The highest BCUT2D eigenvalue weighted by Gasteiger charge is 2.00. The Morgan fingerprint density at radius 3 is 2.33 bits per heavy atom. The zero-order valence-corrected chi connectivity index (χ0v) is 9.64. The van der Waals surface area contributed by atoms with Gasteiger partial charge in [-0.2, -0.15) is 0 Å². The number of benzene rings is 1. The Kier molecular flexibility index (Phi) is 7.12. The van der Waals surface area contributed by atoms with E-state index in [4.69, 9.17) is 9.47 Å². The van der Waals surface area contributed by atoms with Crippen LogP contribution in [0.2, 0.25) is 0 Å². The van der Waals surface area contributed by atoms with E-state index in [9.17, 15) is 9.59 Å². The summed E-state index contributed by atoms with van der Waals surface area (Å²) >= 11 is 0. The third kappa shape index (κ3) is 5.30. The van der Waals surface area contributed by atoms with Gasteiger partial charge >= 0.3 is 5.97 Å². The van der Waals surface area contributed by atoms with Crippen LogP contribution in [0.1, 0.15) is 24.7 Å². The minimum absolute atomic E-state index is 0. The highest BCUT2D eigenvalue weighted by atomic mass is 16.6. The number of Topliss-reactive ketones (excluding diaryl/α,β-unsaturated/α-hetero) is 1. The summed E-state index contributed by atoms with van der Waals surface area (Å²) in [7, 11) is 0. The fourth-order valence-electron chi connectivity index (χ4n) is 1.15. The minimum atomic E-state index is -0.472. The molecule has 0 aromatic heterocycles. The van der Waals surface area contributed by atoms with Crippen molar-refractivity contribution in [2.75, 3.05) is 13.2 Å². The summed E-state index contributed by atoms with van der Waals surface area (Å²) in [6, 6.07) is 6.78. The van der Waals surface area contributed by atoms with Crippen LogP contribution in [0.25, 0.3) is 0 Å². The van der Waals surface area contributed by atoms with Gasteiger partial charge in [-0.3, -0.25) is 4.79 Å². The molecule has 0 bridgehead atoms. The van der Waals surface area contributed by atoms with Gasteiger partial charge in [-0.05, 0) is 31.2 Å². The molecule has 0 heterocycles. The van der Waals surface area contributed by atoms with E-state index in [1.165, 1.54) is 6.92 Å². The second-order valence-corrected chi connectivity index (χ2v) is 3.30. The van der Waals surface area contributed by atoms with Crippen molar-refractivity contribution < 1.29 is 19.1 Å². The van der Waals surface area contributed by atoms with E-state index in [0.29, 0.717) is 11.3 Å². The average molecular weight is 250 g/mol. The summed E-state index contributed by atoms with van der Waals surface area (Å²) < 4.78 is 10.1. The molecular weight excluding hydrogens is 232 g/mol. The first-order valence-corrected chi connectivity index (χ1v) is 5.16. The fourth-order valence-corrected chi connectivity index (χ4v) is 1.15. The SMILES string of the molecule is C.C=CC(=O)OCCOc1ccc(C(C)=O)cc1. The second kappa shape index (κ2) is 8.06. The van der Waals surface area contributed by atoms with Gasteiger partial charge in [-0.25, -0.2) is 4.79 Å². The highest BCUT2D eigenvalue weighted by molar-refractivity contribution is 5.94. The number of carbonyl (C=O) groups excluding carboxylic acids is 2. The largest absolute Gasteiger partial charge is 0.490 e. The van der Waals surface area contributed by atoms with E-state index in [0.717, 1.165) is 6.08 Å². The van der Waals surface area contributed by atoms with Crippen LogP contribution >= 0.6 is 0 Å². The summed E-state index contributed by atoms with van der Waals surface area (Å²) in [6.07, 6.45) is 1.10. The van der Waals surface area contributed by atoms with Crippen LogP contribution in [0, 0.1) is 0 Å². The van der Waals surface area contributed by atoms with Gasteiger partial charge in [0.2, 0.25) is 0 Å². The van der Waals surface area contributed by atoms with Gasteiger partial charge in [0, 0.05) is 11.6 Å². The molecule has 4 heteroatoms. The van der Waals surface area contributed by atoms with Gasteiger partial charge in [0.25, 0.3) is 0 Å². The standard InChI is InChI=1S/C13H14O4.CH4/c1-3-13(15)17-9-8-16-12-6-4-11(5-7-12)10(2)14;/h3-7H,1,8-9H2,2H3;1H4. The van der Waals surface area contributed by atoms with E-state index >= 15 is 0 Å². The lowest BCUT2D eigenvalue weighted by atomic mass is 10.1. The molecule has 0 spiro atoms. The first-order chi connectivity index (χ1) is 8.13. The van der Waals surface area contributed by atoms with E-state index in [1.807, 2.05) is 0 Å². The Hall–Kier alpha value is -2.10. The van der Waals surface area contributed by atoms with Crippen LogP contribution in [0.15, 0.2) is 36.9 Å². The van der Waals surface area contributed by atoms with Crippen molar-refractivity contribution >= 4 is 11.8 Å². The summed E-state index contributed by atoms with van der Waals surface area (Å²) in [5.74, 6) is 0.168. The summed E-state index contributed by atoms with van der Waals surface area (Å²) in [6.45, 7) is 5.21. The number of esters is 1. The average Bonchev–Trinajstić information content (AvgIpc) is 2.34. The molecular formula is C14H18O4. The van der Waals surface area contributed by atoms with Crippen molar-refractivity contribution in [1.82, 2.24) is 0 Å². The van der Waals surface area contributed by atoms with E-state index in [-0.39, 0.29) is 26.4 Å². The summed E-state index contributed by atoms with van der Waals surface area (Å²) in [5, 5.41) is 0. The molecule has 0 unspecified atom stereocenters. The summed E-state index contributed by atoms with van der Waals surface area (Å²) in [5.41, 5.74) is 0.635. The van der Waals surface area contributed by atoms with Gasteiger partial charge in [0.15, 0.2) is 5.78 Å². The van der Waals surface area contributed by atoms with Crippen molar-refractivity contribution in [1.29, 1.82) is 0 Å². The predicted molar refractivity (Wildman–Crippen MR) is 69.8 cm³/mol. The van der Waals surface area contributed by atoms with Crippen molar-refractivity contribution in [3.05, 3.63) is 42.5 Å². The van der Waals surface area contributed by atoms with E-state index in [2.05, 4.69) is 6.58 Å². The Morgan fingerprint density at radius 2 is 1.83 bits per heavy atom. The number of ether oxygens (including phenoxy) is 2. The summed E-state index contributed by atoms with van der Waals surface area (Å²) in [4.78, 5) is 21.7. The maximum atomic E-state index is 11.0. The molecule has 18 heavy (non-hydrogen) atoms. The molecule has 0 saturated carbocycles. The minimum Gasteiger partial charge on any atom is -0.490 e. The van der Waals surface area contributed by atoms with E-state index in [1.54, 1.807) is 24.3 Å². The van der Waals surface area contributed by atoms with E-state index < -0.39 is 5.97 Å². The molecule has 1 aromatic carbocycles. The topological polar surface area (TPSA) is 52.6 Å². The number of ketones is 1. The third-order valence-electron chi connectivity index (χ3n) is 2.02. The quantitative estimate of drug-likeness (QED) is 0.337. The highest BCUT2D eigenvalue weighted by Crippen LogP contribution is 2.12. The number of carbonyl (C=O) groups is 2. The van der Waals surface area contributed by atoms with Crippen LogP contribution in [-0.2, 0) is 9.53 Å². The number of rotatable bonds is 6. The van der Waals surface area contributed by atoms with Crippen molar-refractivity contribution in [2.45, 2.75) is 14.4 Å². The molecule has 0 aliphatic carbocycles. The van der Waals surface area contributed by atoms with Crippen LogP contribution in [0.4, 0.5) is 0 Å². The number of hydrogen-bond acceptors (Lipinski definition) is 4. The Morgan fingerprint density at radius 1 is 1.22 bits per heavy atom. The Labute approximate surface area is 107 Å². The molecule has 98 valence electrons. The maximum absolute atomic E-state index is 11.0. The molecule has 0 aliphatic heterocycles. The van der Waals surface area contributed by atoms with Crippen molar-refractivity contribution in [3.63, 3.8) is 0 Å². The number of hydrogen-bond donors (Lipinski definition) is 0. The fraction of sp³-hybridized carbons (Fsp3) is 0.286. The molecule has 0 saturated heterocycles. The first-order valence-electron chi connectivity index (χ1n) is 5.16. The first kappa shape index (κ1) is 15.9. The lowest BCUT2D eigenvalue weighted by molar-refractivity contribution is -0.138.